The SMILES string of the molecule is CC1(C)O[C@@H]2O[C@H](C(=O)Nc3ccccc3C(F)(F)F)[C@@H]3OC(C)(C)O[C@@H]3[C@@H]2O1. The topological polar surface area (TPSA) is 75.3 Å². The van der Waals surface area contributed by atoms with E-state index in [9.17, 15) is 18.0 Å². The predicted molar refractivity (Wildman–Crippen MR) is 92.6 cm³/mol. The number of ether oxygens (including phenoxy) is 5. The Bertz CT molecular complexity index is 811. The van der Waals surface area contributed by atoms with Crippen LogP contribution in [0.15, 0.2) is 24.3 Å². The summed E-state index contributed by atoms with van der Waals surface area (Å²) in [7, 11) is 0. The lowest BCUT2D eigenvalue weighted by Gasteiger charge is -2.36. The van der Waals surface area contributed by atoms with Crippen molar-refractivity contribution in [1.29, 1.82) is 0 Å². The number of amides is 1. The normalized spacial score (nSPS) is 35.1. The van der Waals surface area contributed by atoms with Gasteiger partial charge in [0.05, 0.1) is 11.3 Å². The largest absolute Gasteiger partial charge is 0.418 e. The summed E-state index contributed by atoms with van der Waals surface area (Å²) in [6, 6.07) is 4.72. The smallest absolute Gasteiger partial charge is 0.342 e. The Labute approximate surface area is 165 Å². The van der Waals surface area contributed by atoms with Gasteiger partial charge in [-0.25, -0.2) is 0 Å². The second-order valence-corrected chi connectivity index (χ2v) is 8.12. The van der Waals surface area contributed by atoms with E-state index >= 15 is 0 Å². The molecule has 29 heavy (non-hydrogen) atoms. The van der Waals surface area contributed by atoms with Crippen LogP contribution < -0.4 is 5.32 Å². The summed E-state index contributed by atoms with van der Waals surface area (Å²) in [5, 5.41) is 2.31. The molecule has 7 nitrogen and oxygen atoms in total. The van der Waals surface area contributed by atoms with E-state index in [2.05, 4.69) is 5.32 Å². The van der Waals surface area contributed by atoms with Crippen LogP contribution in [-0.4, -0.2) is 48.2 Å². The molecule has 10 heteroatoms. The predicted octanol–water partition coefficient (Wildman–Crippen LogP) is 3.04. The molecule has 3 fully saturated rings. The molecule has 3 saturated heterocycles. The molecule has 3 heterocycles. The highest BCUT2D eigenvalue weighted by Gasteiger charge is 2.62. The number of para-hydroxylation sites is 1. The molecule has 0 bridgehead atoms. The number of alkyl halides is 3. The molecule has 1 N–H and O–H groups in total. The zero-order valence-electron chi connectivity index (χ0n) is 16.3. The van der Waals surface area contributed by atoms with E-state index in [-0.39, 0.29) is 5.69 Å². The van der Waals surface area contributed by atoms with Crippen LogP contribution in [0, 0.1) is 0 Å². The molecule has 5 atom stereocenters. The molecule has 0 unspecified atom stereocenters. The molecular weight excluding hydrogens is 395 g/mol. The van der Waals surface area contributed by atoms with Crippen molar-refractivity contribution in [3.63, 3.8) is 0 Å². The first-order chi connectivity index (χ1) is 13.4. The summed E-state index contributed by atoms with van der Waals surface area (Å²) in [4.78, 5) is 12.9. The van der Waals surface area contributed by atoms with Crippen molar-refractivity contribution >= 4 is 11.6 Å². The van der Waals surface area contributed by atoms with Crippen LogP contribution in [0.3, 0.4) is 0 Å². The first-order valence-corrected chi connectivity index (χ1v) is 9.20. The third-order valence-electron chi connectivity index (χ3n) is 4.90. The lowest BCUT2D eigenvalue weighted by molar-refractivity contribution is -0.229. The van der Waals surface area contributed by atoms with Crippen molar-refractivity contribution in [2.75, 3.05) is 5.32 Å². The van der Waals surface area contributed by atoms with Crippen molar-refractivity contribution in [3.05, 3.63) is 29.8 Å². The van der Waals surface area contributed by atoms with Gasteiger partial charge in [0.2, 0.25) is 0 Å². The number of anilines is 1. The first kappa shape index (κ1) is 20.5. The minimum atomic E-state index is -4.62. The molecule has 0 saturated carbocycles. The zero-order valence-corrected chi connectivity index (χ0v) is 16.3. The third-order valence-corrected chi connectivity index (χ3v) is 4.90. The van der Waals surface area contributed by atoms with E-state index in [1.54, 1.807) is 27.7 Å². The van der Waals surface area contributed by atoms with Gasteiger partial charge in [0.15, 0.2) is 24.0 Å². The summed E-state index contributed by atoms with van der Waals surface area (Å²) in [5.74, 6) is -2.78. The number of halogens is 3. The van der Waals surface area contributed by atoms with Gasteiger partial charge in [-0.1, -0.05) is 12.1 Å². The number of carbonyl (C=O) groups is 1. The van der Waals surface area contributed by atoms with E-state index in [0.29, 0.717) is 0 Å². The van der Waals surface area contributed by atoms with E-state index in [1.165, 1.54) is 18.2 Å². The van der Waals surface area contributed by atoms with Crippen molar-refractivity contribution in [2.24, 2.45) is 0 Å². The van der Waals surface area contributed by atoms with Gasteiger partial charge in [-0.2, -0.15) is 13.2 Å². The van der Waals surface area contributed by atoms with Gasteiger partial charge in [-0.15, -0.1) is 0 Å². The first-order valence-electron chi connectivity index (χ1n) is 9.20. The highest BCUT2D eigenvalue weighted by atomic mass is 19.4. The Kier molecular flexibility index (Phi) is 4.71. The fraction of sp³-hybridized carbons (Fsp3) is 0.632. The maximum absolute atomic E-state index is 13.3. The Balaban J connectivity index is 1.60. The van der Waals surface area contributed by atoms with Crippen LogP contribution in [0.5, 0.6) is 0 Å². The molecule has 0 radical (unpaired) electrons. The Morgan fingerprint density at radius 1 is 0.931 bits per heavy atom. The van der Waals surface area contributed by atoms with Crippen LogP contribution in [-0.2, 0) is 34.7 Å². The van der Waals surface area contributed by atoms with Crippen molar-refractivity contribution in [1.82, 2.24) is 0 Å². The molecule has 1 aromatic carbocycles. The lowest BCUT2D eigenvalue weighted by atomic mass is 9.98. The number of hydrogen-bond donors (Lipinski definition) is 1. The van der Waals surface area contributed by atoms with Gasteiger partial charge < -0.3 is 29.0 Å². The monoisotopic (exact) mass is 417 g/mol. The van der Waals surface area contributed by atoms with Crippen molar-refractivity contribution in [2.45, 2.75) is 76.2 Å². The fourth-order valence-corrected chi connectivity index (χ4v) is 3.87. The maximum Gasteiger partial charge on any atom is 0.418 e. The van der Waals surface area contributed by atoms with E-state index in [1.807, 2.05) is 0 Å². The molecule has 0 spiro atoms. The second-order valence-electron chi connectivity index (χ2n) is 8.12. The molecule has 0 aliphatic carbocycles. The van der Waals surface area contributed by atoms with Crippen LogP contribution in [0.1, 0.15) is 33.3 Å². The van der Waals surface area contributed by atoms with Gasteiger partial charge in [-0.3, -0.25) is 4.79 Å². The third kappa shape index (κ3) is 3.87. The van der Waals surface area contributed by atoms with Crippen molar-refractivity contribution in [3.8, 4) is 0 Å². The highest BCUT2D eigenvalue weighted by molar-refractivity contribution is 5.95. The van der Waals surface area contributed by atoms with Crippen molar-refractivity contribution < 1.29 is 41.7 Å². The Hall–Kier alpha value is -1.72. The number of benzene rings is 1. The summed E-state index contributed by atoms with van der Waals surface area (Å²) < 4.78 is 68.8. The molecule has 0 aromatic heterocycles. The van der Waals surface area contributed by atoms with Gasteiger partial charge in [0, 0.05) is 0 Å². The zero-order chi connectivity index (χ0) is 21.2. The van der Waals surface area contributed by atoms with Crippen LogP contribution in [0.4, 0.5) is 18.9 Å². The van der Waals surface area contributed by atoms with Crippen LogP contribution in [0.2, 0.25) is 0 Å². The molecule has 1 amide bonds. The minimum absolute atomic E-state index is 0.366. The standard InChI is InChI=1S/C19H22F3NO6/c1-17(2)26-11-12(27-17)14-16(29-18(3,4)28-14)25-13(11)15(24)23-10-8-6-5-7-9(10)19(20,21)22/h5-8,11-14,16H,1-4H3,(H,23,24)/t11-,12+,13+,14+,16+/m1/s1. The summed E-state index contributed by atoms with van der Waals surface area (Å²) in [6.45, 7) is 6.74. The number of carbonyl (C=O) groups excluding carboxylic acids is 1. The quantitative estimate of drug-likeness (QED) is 0.797. The molecule has 160 valence electrons. The summed E-state index contributed by atoms with van der Waals surface area (Å²) in [6.07, 6.45) is -8.98. The van der Waals surface area contributed by atoms with E-state index in [0.717, 1.165) is 6.07 Å². The molecule has 3 aliphatic rings. The molecule has 1 aromatic rings. The molecule has 4 rings (SSSR count). The molecular formula is C19H22F3NO6. The summed E-state index contributed by atoms with van der Waals surface area (Å²) in [5.41, 5.74) is -1.32. The number of nitrogens with one attached hydrogen (secondary N) is 1. The number of rotatable bonds is 2. The fourth-order valence-electron chi connectivity index (χ4n) is 3.87. The summed E-state index contributed by atoms with van der Waals surface area (Å²) >= 11 is 0. The highest BCUT2D eigenvalue weighted by Crippen LogP contribution is 2.44. The minimum Gasteiger partial charge on any atom is -0.342 e. The Morgan fingerprint density at radius 2 is 1.52 bits per heavy atom. The van der Waals surface area contributed by atoms with Gasteiger partial charge in [0.25, 0.3) is 5.91 Å². The average Bonchev–Trinajstić information content (AvgIpc) is 3.07. The van der Waals surface area contributed by atoms with Crippen LogP contribution in [0.25, 0.3) is 0 Å². The maximum atomic E-state index is 13.3. The second kappa shape index (κ2) is 6.64. The van der Waals surface area contributed by atoms with Gasteiger partial charge in [-0.05, 0) is 39.8 Å². The van der Waals surface area contributed by atoms with E-state index in [4.69, 9.17) is 23.7 Å². The lowest BCUT2D eigenvalue weighted by Crippen LogP contribution is -2.58. The molecule has 3 aliphatic heterocycles. The number of fused-ring (bicyclic) bond motifs is 3. The Morgan fingerprint density at radius 3 is 2.21 bits per heavy atom. The van der Waals surface area contributed by atoms with Crippen LogP contribution >= 0.6 is 0 Å². The van der Waals surface area contributed by atoms with Gasteiger partial charge in [0.1, 0.15) is 18.3 Å². The average molecular weight is 417 g/mol. The van der Waals surface area contributed by atoms with E-state index < -0.39 is 59.9 Å². The number of hydrogen-bond acceptors (Lipinski definition) is 6. The van der Waals surface area contributed by atoms with Gasteiger partial charge >= 0.3 is 6.18 Å².